The minimum atomic E-state index is -0.891. The van der Waals surface area contributed by atoms with Gasteiger partial charge in [-0.3, -0.25) is 4.79 Å². The van der Waals surface area contributed by atoms with Crippen LogP contribution in [0.4, 0.5) is 8.78 Å². The van der Waals surface area contributed by atoms with Crippen molar-refractivity contribution in [3.8, 4) is 0 Å². The smallest absolute Gasteiger partial charge is 0.234 e. The summed E-state index contributed by atoms with van der Waals surface area (Å²) in [6.07, 6.45) is 0. The van der Waals surface area contributed by atoms with Crippen molar-refractivity contribution in [2.45, 2.75) is 19.5 Å². The van der Waals surface area contributed by atoms with Gasteiger partial charge >= 0.3 is 0 Å². The van der Waals surface area contributed by atoms with Crippen molar-refractivity contribution in [2.24, 2.45) is 0 Å². The maximum Gasteiger partial charge on any atom is 0.234 e. The Morgan fingerprint density at radius 2 is 2.11 bits per heavy atom. The summed E-state index contributed by atoms with van der Waals surface area (Å²) < 4.78 is 30.5. The van der Waals surface area contributed by atoms with Gasteiger partial charge < -0.3 is 15.4 Å². The van der Waals surface area contributed by atoms with Gasteiger partial charge in [0, 0.05) is 19.7 Å². The molecule has 4 nitrogen and oxygen atoms in total. The molecular formula is C13H18F2N2O2. The number of ether oxygens (including phenoxy) is 1. The van der Waals surface area contributed by atoms with Crippen LogP contribution < -0.4 is 10.6 Å². The average molecular weight is 272 g/mol. The first kappa shape index (κ1) is 15.5. The second-order valence-corrected chi connectivity index (χ2v) is 4.28. The molecule has 0 aliphatic carbocycles. The Bertz CT molecular complexity index is 427. The Hall–Kier alpha value is -1.53. The molecule has 0 bridgehead atoms. The molecule has 1 aromatic carbocycles. The van der Waals surface area contributed by atoms with E-state index in [0.29, 0.717) is 18.7 Å². The lowest BCUT2D eigenvalue weighted by Gasteiger charge is -2.13. The zero-order chi connectivity index (χ0) is 14.3. The van der Waals surface area contributed by atoms with Crippen LogP contribution in [0.25, 0.3) is 0 Å². The topological polar surface area (TPSA) is 50.4 Å². The van der Waals surface area contributed by atoms with Gasteiger partial charge in [0.25, 0.3) is 0 Å². The van der Waals surface area contributed by atoms with Gasteiger partial charge in [0.15, 0.2) is 11.6 Å². The van der Waals surface area contributed by atoms with Crippen molar-refractivity contribution in [3.05, 3.63) is 35.4 Å². The summed E-state index contributed by atoms with van der Waals surface area (Å²) in [5.74, 6) is -1.94. The summed E-state index contributed by atoms with van der Waals surface area (Å²) in [4.78, 5) is 11.5. The number of methoxy groups -OCH3 is 1. The molecule has 1 rings (SSSR count). The molecule has 1 unspecified atom stereocenters. The molecule has 0 aliphatic heterocycles. The molecule has 1 amide bonds. The van der Waals surface area contributed by atoms with E-state index >= 15 is 0 Å². The van der Waals surface area contributed by atoms with Crippen molar-refractivity contribution >= 4 is 5.91 Å². The van der Waals surface area contributed by atoms with Crippen LogP contribution in [0.15, 0.2) is 18.2 Å². The fraction of sp³-hybridized carbons (Fsp3) is 0.462. The number of carbonyl (C=O) groups excluding carboxylic acids is 1. The highest BCUT2D eigenvalue weighted by molar-refractivity contribution is 5.78. The number of hydrogen-bond acceptors (Lipinski definition) is 3. The van der Waals surface area contributed by atoms with Gasteiger partial charge in [-0.1, -0.05) is 6.07 Å². The summed E-state index contributed by atoms with van der Waals surface area (Å²) in [5.41, 5.74) is 0.580. The molecule has 106 valence electrons. The van der Waals surface area contributed by atoms with E-state index in [1.807, 2.05) is 6.92 Å². The van der Waals surface area contributed by atoms with E-state index in [2.05, 4.69) is 10.6 Å². The van der Waals surface area contributed by atoms with Crippen LogP contribution in [-0.2, 0) is 16.1 Å². The van der Waals surface area contributed by atoms with Crippen molar-refractivity contribution < 1.29 is 18.3 Å². The Kier molecular flexibility index (Phi) is 6.38. The Morgan fingerprint density at radius 1 is 1.37 bits per heavy atom. The van der Waals surface area contributed by atoms with Gasteiger partial charge in [-0.2, -0.15) is 0 Å². The molecule has 0 radical (unpaired) electrons. The lowest BCUT2D eigenvalue weighted by Crippen LogP contribution is -2.40. The monoisotopic (exact) mass is 272 g/mol. The molecule has 0 spiro atoms. The van der Waals surface area contributed by atoms with Crippen LogP contribution in [0.5, 0.6) is 0 Å². The molecule has 6 heteroatoms. The van der Waals surface area contributed by atoms with Crippen molar-refractivity contribution in [1.29, 1.82) is 0 Å². The Morgan fingerprint density at radius 3 is 2.74 bits per heavy atom. The summed E-state index contributed by atoms with van der Waals surface area (Å²) in [5, 5.41) is 5.58. The van der Waals surface area contributed by atoms with E-state index < -0.39 is 11.6 Å². The fourth-order valence-electron chi connectivity index (χ4n) is 1.59. The largest absolute Gasteiger partial charge is 0.383 e. The van der Waals surface area contributed by atoms with Crippen LogP contribution in [0.2, 0.25) is 0 Å². The normalized spacial score (nSPS) is 12.2. The SMILES string of the molecule is COCC(C)NC(=O)CNCc1ccc(F)c(F)c1. The minimum Gasteiger partial charge on any atom is -0.383 e. The van der Waals surface area contributed by atoms with Crippen molar-refractivity contribution in [1.82, 2.24) is 10.6 Å². The lowest BCUT2D eigenvalue weighted by atomic mass is 10.2. The molecule has 1 atom stereocenters. The predicted molar refractivity (Wildman–Crippen MR) is 67.5 cm³/mol. The van der Waals surface area contributed by atoms with E-state index in [0.717, 1.165) is 12.1 Å². The van der Waals surface area contributed by atoms with E-state index in [1.54, 1.807) is 7.11 Å². The van der Waals surface area contributed by atoms with Gasteiger partial charge in [-0.25, -0.2) is 8.78 Å². The highest BCUT2D eigenvalue weighted by atomic mass is 19.2. The summed E-state index contributed by atoms with van der Waals surface area (Å²) >= 11 is 0. The molecule has 0 saturated carbocycles. The van der Waals surface area contributed by atoms with E-state index in [1.165, 1.54) is 6.07 Å². The molecule has 0 heterocycles. The standard InChI is InChI=1S/C13H18F2N2O2/c1-9(8-19-2)17-13(18)7-16-6-10-3-4-11(14)12(15)5-10/h3-5,9,16H,6-8H2,1-2H3,(H,17,18). The van der Waals surface area contributed by atoms with Crippen LogP contribution in [-0.4, -0.2) is 32.2 Å². The molecule has 0 aliphatic rings. The van der Waals surface area contributed by atoms with Crippen LogP contribution in [0.3, 0.4) is 0 Å². The highest BCUT2D eigenvalue weighted by Gasteiger charge is 2.07. The molecule has 1 aromatic rings. The van der Waals surface area contributed by atoms with E-state index in [4.69, 9.17) is 4.74 Å². The minimum absolute atomic E-state index is 0.0671. The zero-order valence-electron chi connectivity index (χ0n) is 11.0. The van der Waals surface area contributed by atoms with Gasteiger partial charge in [0.2, 0.25) is 5.91 Å². The summed E-state index contributed by atoms with van der Waals surface area (Å²) in [6, 6.07) is 3.57. The van der Waals surface area contributed by atoms with Crippen LogP contribution in [0, 0.1) is 11.6 Å². The van der Waals surface area contributed by atoms with Gasteiger partial charge in [0.05, 0.1) is 13.2 Å². The molecule has 0 fully saturated rings. The first-order valence-corrected chi connectivity index (χ1v) is 5.96. The number of amides is 1. The molecule has 0 saturated heterocycles. The summed E-state index contributed by atoms with van der Waals surface area (Å²) in [6.45, 7) is 2.67. The number of halogens is 2. The second-order valence-electron chi connectivity index (χ2n) is 4.28. The highest BCUT2D eigenvalue weighted by Crippen LogP contribution is 2.08. The maximum absolute atomic E-state index is 12.9. The van der Waals surface area contributed by atoms with E-state index in [-0.39, 0.29) is 18.5 Å². The molecular weight excluding hydrogens is 254 g/mol. The maximum atomic E-state index is 12.9. The molecule has 2 N–H and O–H groups in total. The fourth-order valence-corrected chi connectivity index (χ4v) is 1.59. The Labute approximate surface area is 111 Å². The van der Waals surface area contributed by atoms with E-state index in [9.17, 15) is 13.6 Å². The third-order valence-corrected chi connectivity index (χ3v) is 2.42. The van der Waals surface area contributed by atoms with Crippen molar-refractivity contribution in [3.63, 3.8) is 0 Å². The number of hydrogen-bond donors (Lipinski definition) is 2. The van der Waals surface area contributed by atoms with Crippen molar-refractivity contribution in [2.75, 3.05) is 20.3 Å². The van der Waals surface area contributed by atoms with Gasteiger partial charge in [-0.05, 0) is 24.6 Å². The third kappa shape index (κ3) is 5.76. The van der Waals surface area contributed by atoms with Crippen LogP contribution in [0.1, 0.15) is 12.5 Å². The van der Waals surface area contributed by atoms with Gasteiger partial charge in [0.1, 0.15) is 0 Å². The first-order valence-electron chi connectivity index (χ1n) is 5.96. The molecule has 19 heavy (non-hydrogen) atoms. The zero-order valence-corrected chi connectivity index (χ0v) is 11.0. The van der Waals surface area contributed by atoms with Gasteiger partial charge in [-0.15, -0.1) is 0 Å². The summed E-state index contributed by atoms with van der Waals surface area (Å²) in [7, 11) is 1.56. The third-order valence-electron chi connectivity index (χ3n) is 2.42. The lowest BCUT2D eigenvalue weighted by molar-refractivity contribution is -0.121. The number of carbonyl (C=O) groups is 1. The number of nitrogens with one attached hydrogen (secondary N) is 2. The number of rotatable bonds is 7. The first-order chi connectivity index (χ1) is 9.02. The average Bonchev–Trinajstić information content (AvgIpc) is 2.34. The quantitative estimate of drug-likeness (QED) is 0.784. The predicted octanol–water partition coefficient (Wildman–Crippen LogP) is 1.21. The number of benzene rings is 1. The molecule has 0 aromatic heterocycles. The van der Waals surface area contributed by atoms with Crippen LogP contribution >= 0.6 is 0 Å². The Balaban J connectivity index is 2.29. The second kappa shape index (κ2) is 7.81.